The number of hydrogen-bond acceptors (Lipinski definition) is 6. The highest BCUT2D eigenvalue weighted by atomic mass is 16.2. The summed E-state index contributed by atoms with van der Waals surface area (Å²) < 4.78 is 0. The molecule has 1 aliphatic carbocycles. The Kier molecular flexibility index (Phi) is 10.7. The fraction of sp³-hybridized carbons (Fsp3) is 0.424. The number of benzene rings is 2. The third kappa shape index (κ3) is 6.98. The third-order valence-electron chi connectivity index (χ3n) is 8.24. The van der Waals surface area contributed by atoms with Crippen molar-refractivity contribution in [3.8, 4) is 6.07 Å². The molecule has 41 heavy (non-hydrogen) atoms. The number of aryl methyl sites for hydroxylation is 2. The van der Waals surface area contributed by atoms with Crippen LogP contribution in [0.25, 0.3) is 5.70 Å². The lowest BCUT2D eigenvalue weighted by Gasteiger charge is -2.34. The van der Waals surface area contributed by atoms with Crippen molar-refractivity contribution >= 4 is 17.5 Å². The molecule has 0 spiro atoms. The molecule has 1 aliphatic rings. The van der Waals surface area contributed by atoms with Gasteiger partial charge in [-0.25, -0.2) is 0 Å². The number of hydrogen-bond donors (Lipinski definition) is 5. The molecule has 3 rings (SSSR count). The summed E-state index contributed by atoms with van der Waals surface area (Å²) in [5.74, 6) is -0.177. The van der Waals surface area contributed by atoms with Gasteiger partial charge in [0.25, 0.3) is 5.91 Å². The van der Waals surface area contributed by atoms with Gasteiger partial charge in [0, 0.05) is 37.6 Å². The number of nitrogens with one attached hydrogen (secondary N) is 4. The summed E-state index contributed by atoms with van der Waals surface area (Å²) in [4.78, 5) is 26.0. The van der Waals surface area contributed by atoms with E-state index in [-0.39, 0.29) is 11.9 Å². The molecule has 2 amide bonds. The van der Waals surface area contributed by atoms with Crippen LogP contribution in [0.4, 0.5) is 0 Å². The molecule has 0 aromatic heterocycles. The number of primary amides is 1. The highest BCUT2D eigenvalue weighted by Gasteiger charge is 2.44. The van der Waals surface area contributed by atoms with Crippen molar-refractivity contribution in [2.24, 2.45) is 11.7 Å². The van der Waals surface area contributed by atoms with Crippen LogP contribution in [0.1, 0.15) is 71.3 Å². The van der Waals surface area contributed by atoms with Gasteiger partial charge in [0.15, 0.2) is 0 Å². The van der Waals surface area contributed by atoms with Crippen LogP contribution in [0, 0.1) is 17.2 Å². The lowest BCUT2D eigenvalue weighted by molar-refractivity contribution is -0.122. The van der Waals surface area contributed by atoms with E-state index < -0.39 is 11.3 Å². The first-order valence-corrected chi connectivity index (χ1v) is 14.3. The predicted molar refractivity (Wildman–Crippen MR) is 165 cm³/mol. The molecular formula is C33H44N6O2. The number of nitrogens with zero attached hydrogens (tertiary/aromatic N) is 1. The largest absolute Gasteiger partial charge is 0.388 e. The molecule has 2 aromatic rings. The first-order chi connectivity index (χ1) is 19.6. The molecule has 2 unspecified atom stereocenters. The van der Waals surface area contributed by atoms with Crippen LogP contribution in [0.2, 0.25) is 0 Å². The summed E-state index contributed by atoms with van der Waals surface area (Å²) in [5, 5.41) is 22.0. The maximum Gasteiger partial charge on any atom is 0.251 e. The monoisotopic (exact) mass is 556 g/mol. The van der Waals surface area contributed by atoms with Crippen molar-refractivity contribution in [2.45, 2.75) is 57.4 Å². The van der Waals surface area contributed by atoms with Gasteiger partial charge in [-0.15, -0.1) is 0 Å². The van der Waals surface area contributed by atoms with Gasteiger partial charge in [0.05, 0.1) is 6.07 Å². The number of amides is 2. The second-order valence-corrected chi connectivity index (χ2v) is 10.9. The number of fused-ring (bicyclic) bond motifs is 2. The Bertz CT molecular complexity index is 1270. The summed E-state index contributed by atoms with van der Waals surface area (Å²) in [5.41, 5.74) is 11.9. The Balaban J connectivity index is 1.94. The van der Waals surface area contributed by atoms with Crippen LogP contribution < -0.4 is 27.0 Å². The van der Waals surface area contributed by atoms with E-state index in [9.17, 15) is 14.9 Å². The van der Waals surface area contributed by atoms with E-state index in [0.717, 1.165) is 52.1 Å². The Hall–Kier alpha value is -4.09. The lowest BCUT2D eigenvalue weighted by Crippen LogP contribution is -2.45. The molecule has 3 atom stereocenters. The van der Waals surface area contributed by atoms with Crippen LogP contribution in [0.15, 0.2) is 55.3 Å². The third-order valence-corrected chi connectivity index (χ3v) is 8.24. The zero-order valence-electron chi connectivity index (χ0n) is 24.8. The normalized spacial score (nSPS) is 17.0. The Labute approximate surface area is 244 Å². The Morgan fingerprint density at radius 2 is 1.66 bits per heavy atom. The van der Waals surface area contributed by atoms with Gasteiger partial charge in [0.1, 0.15) is 11.5 Å². The first kappa shape index (κ1) is 31.4. The summed E-state index contributed by atoms with van der Waals surface area (Å²) in [6.07, 6.45) is 3.54. The fourth-order valence-electron chi connectivity index (χ4n) is 5.65. The highest BCUT2D eigenvalue weighted by Crippen LogP contribution is 2.43. The average molecular weight is 557 g/mol. The van der Waals surface area contributed by atoms with Crippen LogP contribution in [-0.4, -0.2) is 45.0 Å². The van der Waals surface area contributed by atoms with Gasteiger partial charge in [-0.05, 0) is 84.2 Å². The van der Waals surface area contributed by atoms with Crippen molar-refractivity contribution in [1.29, 1.82) is 5.26 Å². The van der Waals surface area contributed by atoms with Gasteiger partial charge in [0.2, 0.25) is 5.91 Å². The van der Waals surface area contributed by atoms with Gasteiger partial charge < -0.3 is 27.0 Å². The molecule has 8 nitrogen and oxygen atoms in total. The summed E-state index contributed by atoms with van der Waals surface area (Å²) in [7, 11) is 3.43. The van der Waals surface area contributed by atoms with Gasteiger partial charge in [-0.3, -0.25) is 9.59 Å². The van der Waals surface area contributed by atoms with Gasteiger partial charge in [-0.2, -0.15) is 5.26 Å². The van der Waals surface area contributed by atoms with Crippen molar-refractivity contribution in [3.63, 3.8) is 0 Å². The number of carbonyl (C=O) groups is 2. The quantitative estimate of drug-likeness (QED) is 0.226. The minimum absolute atomic E-state index is 0.177. The van der Waals surface area contributed by atoms with Gasteiger partial charge >= 0.3 is 0 Å². The molecule has 0 bridgehead atoms. The molecule has 0 fully saturated rings. The molecule has 0 aliphatic heterocycles. The summed E-state index contributed by atoms with van der Waals surface area (Å²) in [6.45, 7) is 13.4. The van der Waals surface area contributed by atoms with E-state index in [2.05, 4.69) is 60.4 Å². The van der Waals surface area contributed by atoms with E-state index in [1.54, 1.807) is 13.1 Å². The van der Waals surface area contributed by atoms with Crippen molar-refractivity contribution in [3.05, 3.63) is 88.6 Å². The second-order valence-electron chi connectivity index (χ2n) is 10.9. The van der Waals surface area contributed by atoms with Crippen molar-refractivity contribution in [2.75, 3.05) is 27.2 Å². The van der Waals surface area contributed by atoms with E-state index in [0.29, 0.717) is 43.8 Å². The zero-order chi connectivity index (χ0) is 30.2. The molecule has 0 saturated heterocycles. The van der Waals surface area contributed by atoms with Crippen molar-refractivity contribution in [1.82, 2.24) is 21.3 Å². The van der Waals surface area contributed by atoms with E-state index in [1.165, 1.54) is 0 Å². The first-order valence-electron chi connectivity index (χ1n) is 14.3. The zero-order valence-corrected chi connectivity index (χ0v) is 24.8. The molecule has 6 N–H and O–H groups in total. The van der Waals surface area contributed by atoms with Crippen LogP contribution in [-0.2, 0) is 23.1 Å². The summed E-state index contributed by atoms with van der Waals surface area (Å²) in [6, 6.07) is 13.6. The van der Waals surface area contributed by atoms with Gasteiger partial charge in [-0.1, -0.05) is 51.6 Å². The Morgan fingerprint density at radius 3 is 2.20 bits per heavy atom. The number of carbonyl (C=O) groups excluding carboxylic acids is 2. The van der Waals surface area contributed by atoms with Crippen LogP contribution in [0.5, 0.6) is 0 Å². The molecule has 0 radical (unpaired) electrons. The van der Waals surface area contributed by atoms with Crippen LogP contribution >= 0.6 is 0 Å². The molecular weight excluding hydrogens is 512 g/mol. The molecule has 218 valence electrons. The fourth-order valence-corrected chi connectivity index (χ4v) is 5.65. The molecule has 2 aromatic carbocycles. The maximum atomic E-state index is 13.6. The lowest BCUT2D eigenvalue weighted by atomic mass is 9.69. The molecule has 0 heterocycles. The smallest absolute Gasteiger partial charge is 0.251 e. The standard InChI is InChI=1S/C33H44N6O2/c1-7-21(2)16-28(19-34)39-22(3)20-38-15-14-33(32(35)41)29-12-10-24(23(4)36-5)17-25(29)8-9-26-18-27(31(40)37-6)11-13-30(26)33/h10-13,17-18,21,28,36,38-39H,3-4,7-9,14-16,20H2,1-2,5-6H3,(H2,35,41)(H,37,40)/t21-,28?,33?/m0/s1. The Morgan fingerprint density at radius 1 is 1.05 bits per heavy atom. The number of rotatable bonds is 14. The van der Waals surface area contributed by atoms with E-state index >= 15 is 0 Å². The average Bonchev–Trinajstić information content (AvgIpc) is 3.12. The van der Waals surface area contributed by atoms with Crippen molar-refractivity contribution < 1.29 is 9.59 Å². The van der Waals surface area contributed by atoms with E-state index in [1.807, 2.05) is 31.3 Å². The van der Waals surface area contributed by atoms with E-state index in [4.69, 9.17) is 5.73 Å². The predicted octanol–water partition coefficient (Wildman–Crippen LogP) is 3.52. The number of nitrogens with two attached hydrogens (primary N) is 1. The van der Waals surface area contributed by atoms with Crippen LogP contribution in [0.3, 0.4) is 0 Å². The molecule has 0 saturated carbocycles. The topological polar surface area (TPSA) is 132 Å². The highest BCUT2D eigenvalue weighted by molar-refractivity contribution is 5.96. The molecule has 8 heteroatoms. The minimum atomic E-state index is -1.10. The maximum absolute atomic E-state index is 13.6. The minimum Gasteiger partial charge on any atom is -0.388 e. The SMILES string of the molecule is C=C(CNCCC1(C(N)=O)c2ccc(C(=C)NC)cc2CCc2cc(C(=O)NC)ccc21)NC(C#N)C[C@@H](C)CC. The number of nitriles is 1. The second kappa shape index (κ2) is 14.0. The summed E-state index contributed by atoms with van der Waals surface area (Å²) >= 11 is 0.